The van der Waals surface area contributed by atoms with Crippen LogP contribution in [0.2, 0.25) is 0 Å². The van der Waals surface area contributed by atoms with E-state index in [4.69, 9.17) is 10.9 Å². The van der Waals surface area contributed by atoms with Crippen molar-refractivity contribution >= 4 is 32.6 Å². The summed E-state index contributed by atoms with van der Waals surface area (Å²) in [4.78, 5) is 25.3. The van der Waals surface area contributed by atoms with Crippen molar-refractivity contribution in [3.63, 3.8) is 0 Å². The van der Waals surface area contributed by atoms with Crippen molar-refractivity contribution in [3.8, 4) is 5.75 Å². The number of methoxy groups -OCH3 is 1. The van der Waals surface area contributed by atoms with Gasteiger partial charge in [0, 0.05) is 0 Å². The first kappa shape index (κ1) is 20.4. The molecule has 0 bridgehead atoms. The van der Waals surface area contributed by atoms with E-state index in [1.54, 1.807) is 7.11 Å². The van der Waals surface area contributed by atoms with Crippen LogP contribution in [0.3, 0.4) is 0 Å². The molecule has 0 spiro atoms. The molecule has 1 aromatic carbocycles. The molecule has 0 aliphatic heterocycles. The summed E-state index contributed by atoms with van der Waals surface area (Å²) in [6.45, 7) is 0. The monoisotopic (exact) mass is 488 g/mol. The van der Waals surface area contributed by atoms with Gasteiger partial charge in [0.1, 0.15) is 0 Å². The Balaban J connectivity index is 1.70. The van der Waals surface area contributed by atoms with Gasteiger partial charge in [-0.3, -0.25) is 0 Å². The minimum atomic E-state index is -2.85. The summed E-state index contributed by atoms with van der Waals surface area (Å²) in [5.74, 6) is 0.251. The van der Waals surface area contributed by atoms with Gasteiger partial charge in [-0.25, -0.2) is 0 Å². The van der Waals surface area contributed by atoms with Gasteiger partial charge < -0.3 is 0 Å². The van der Waals surface area contributed by atoms with Crippen LogP contribution < -0.4 is 4.74 Å². The van der Waals surface area contributed by atoms with Crippen molar-refractivity contribution < 1.29 is 20.5 Å². The molecule has 2 aliphatic carbocycles. The second-order valence-electron chi connectivity index (χ2n) is 7.34. The summed E-state index contributed by atoms with van der Waals surface area (Å²) < 4.78 is 17.7. The van der Waals surface area contributed by atoms with Crippen LogP contribution >= 0.6 is 20.6 Å². The molecular formula is C21H29IO5. The number of hydrogen-bond donors (Lipinski definition) is 0. The standard InChI is InChI=1S/C21H29IO5/c1-25-19-14-12-18(13-15-19)22(26-20(23)16-8-4-2-5-9-16)27-21(24)17-10-6-3-7-11-17/h12-17H,2-11H2,1H3. The molecule has 2 aliphatic rings. The van der Waals surface area contributed by atoms with Crippen LogP contribution in [-0.4, -0.2) is 19.0 Å². The first-order chi connectivity index (χ1) is 13.2. The third-order valence-electron chi connectivity index (χ3n) is 5.40. The van der Waals surface area contributed by atoms with Crippen LogP contribution in [0.1, 0.15) is 64.2 Å². The Morgan fingerprint density at radius 3 is 1.63 bits per heavy atom. The summed E-state index contributed by atoms with van der Waals surface area (Å²) >= 11 is -2.85. The number of carbonyl (C=O) groups is 2. The Labute approximate surface area is 169 Å². The summed E-state index contributed by atoms with van der Waals surface area (Å²) in [5.41, 5.74) is 0. The molecule has 6 heteroatoms. The minimum absolute atomic E-state index is 0.0508. The maximum atomic E-state index is 12.7. The molecule has 0 amide bonds. The second-order valence-corrected chi connectivity index (χ2v) is 10.7. The van der Waals surface area contributed by atoms with Gasteiger partial charge in [-0.05, 0) is 0 Å². The predicted molar refractivity (Wildman–Crippen MR) is 111 cm³/mol. The first-order valence-corrected chi connectivity index (χ1v) is 12.8. The van der Waals surface area contributed by atoms with Gasteiger partial charge in [-0.15, -0.1) is 0 Å². The SMILES string of the molecule is COc1ccc(I(OC(=O)C2CCCCC2)OC(=O)C2CCCCC2)cc1. The van der Waals surface area contributed by atoms with Crippen molar-refractivity contribution in [2.45, 2.75) is 64.2 Å². The third kappa shape index (κ3) is 5.83. The number of ether oxygens (including phenoxy) is 1. The Morgan fingerprint density at radius 2 is 1.22 bits per heavy atom. The van der Waals surface area contributed by atoms with Crippen molar-refractivity contribution in [3.05, 3.63) is 27.8 Å². The first-order valence-electron chi connectivity index (χ1n) is 9.96. The number of hydrogen-bond acceptors (Lipinski definition) is 5. The van der Waals surface area contributed by atoms with Gasteiger partial charge in [0.25, 0.3) is 0 Å². The Kier molecular flexibility index (Phi) is 7.79. The van der Waals surface area contributed by atoms with E-state index >= 15 is 0 Å². The topological polar surface area (TPSA) is 61.8 Å². The molecule has 0 heterocycles. The quantitative estimate of drug-likeness (QED) is 0.499. The van der Waals surface area contributed by atoms with Gasteiger partial charge in [0.15, 0.2) is 0 Å². The molecule has 2 fully saturated rings. The van der Waals surface area contributed by atoms with Crippen molar-refractivity contribution in [1.29, 1.82) is 0 Å². The van der Waals surface area contributed by atoms with Crippen LogP contribution in [-0.2, 0) is 15.7 Å². The zero-order chi connectivity index (χ0) is 19.1. The average Bonchev–Trinajstić information content (AvgIpc) is 2.74. The molecule has 0 N–H and O–H groups in total. The average molecular weight is 488 g/mol. The fourth-order valence-corrected chi connectivity index (χ4v) is 6.77. The van der Waals surface area contributed by atoms with E-state index in [0.29, 0.717) is 0 Å². The van der Waals surface area contributed by atoms with Gasteiger partial charge in [-0.1, -0.05) is 0 Å². The normalized spacial score (nSPS) is 19.2. The molecular weight excluding hydrogens is 459 g/mol. The summed E-state index contributed by atoms with van der Waals surface area (Å²) in [7, 11) is 1.61. The number of carbonyl (C=O) groups excluding carboxylic acids is 2. The van der Waals surface area contributed by atoms with Gasteiger partial charge in [0.2, 0.25) is 0 Å². The number of rotatable bonds is 6. The number of benzene rings is 1. The third-order valence-corrected chi connectivity index (χ3v) is 8.80. The molecule has 5 nitrogen and oxygen atoms in total. The summed E-state index contributed by atoms with van der Waals surface area (Å²) in [5, 5.41) is 0. The van der Waals surface area contributed by atoms with E-state index in [9.17, 15) is 9.59 Å². The molecule has 3 rings (SSSR count). The molecule has 150 valence electrons. The molecule has 0 atom stereocenters. The molecule has 1 aromatic rings. The zero-order valence-electron chi connectivity index (χ0n) is 16.0. The van der Waals surface area contributed by atoms with E-state index in [1.807, 2.05) is 24.3 Å². The maximum absolute atomic E-state index is 12.7. The predicted octanol–water partition coefficient (Wildman–Crippen LogP) is 5.45. The molecule has 27 heavy (non-hydrogen) atoms. The van der Waals surface area contributed by atoms with Gasteiger partial charge in [0.05, 0.1) is 0 Å². The van der Waals surface area contributed by atoms with Crippen LogP contribution in [0.15, 0.2) is 24.3 Å². The van der Waals surface area contributed by atoms with Crippen LogP contribution in [0.25, 0.3) is 0 Å². The zero-order valence-corrected chi connectivity index (χ0v) is 18.1. The molecule has 0 aromatic heterocycles. The van der Waals surface area contributed by atoms with Crippen molar-refractivity contribution in [1.82, 2.24) is 0 Å². The molecule has 0 radical (unpaired) electrons. The van der Waals surface area contributed by atoms with Crippen LogP contribution in [0.4, 0.5) is 0 Å². The Bertz CT molecular complexity index is 586. The fourth-order valence-electron chi connectivity index (χ4n) is 3.72. The van der Waals surface area contributed by atoms with Crippen LogP contribution in [0, 0.1) is 15.4 Å². The van der Waals surface area contributed by atoms with Crippen molar-refractivity contribution in [2.24, 2.45) is 11.8 Å². The number of halogens is 1. The fraction of sp³-hybridized carbons (Fsp3) is 0.619. The van der Waals surface area contributed by atoms with Gasteiger partial charge in [-0.2, -0.15) is 0 Å². The summed E-state index contributed by atoms with van der Waals surface area (Å²) in [6, 6.07) is 7.35. The van der Waals surface area contributed by atoms with E-state index in [0.717, 1.165) is 60.7 Å². The van der Waals surface area contributed by atoms with Crippen molar-refractivity contribution in [2.75, 3.05) is 7.11 Å². The van der Waals surface area contributed by atoms with Gasteiger partial charge >= 0.3 is 170 Å². The Hall–Kier alpha value is -1.31. The van der Waals surface area contributed by atoms with E-state index in [1.165, 1.54) is 12.8 Å². The molecule has 0 unspecified atom stereocenters. The Morgan fingerprint density at radius 1 is 0.778 bits per heavy atom. The van der Waals surface area contributed by atoms with E-state index in [2.05, 4.69) is 0 Å². The molecule has 0 saturated heterocycles. The molecule has 2 saturated carbocycles. The summed E-state index contributed by atoms with van der Waals surface area (Å²) in [6.07, 6.45) is 10.1. The van der Waals surface area contributed by atoms with Crippen LogP contribution in [0.5, 0.6) is 5.75 Å². The second kappa shape index (κ2) is 10.3. The van der Waals surface area contributed by atoms with E-state index < -0.39 is 20.6 Å². The van der Waals surface area contributed by atoms with E-state index in [-0.39, 0.29) is 23.8 Å².